The Morgan fingerprint density at radius 2 is 1.91 bits per heavy atom. The summed E-state index contributed by atoms with van der Waals surface area (Å²) >= 11 is 0. The van der Waals surface area contributed by atoms with Crippen LogP contribution in [0.2, 0.25) is 0 Å². The van der Waals surface area contributed by atoms with Gasteiger partial charge in [0, 0.05) is 35.2 Å². The van der Waals surface area contributed by atoms with E-state index in [1.807, 2.05) is 0 Å². The van der Waals surface area contributed by atoms with E-state index in [2.05, 4.69) is 38.2 Å². The molecule has 1 aromatic heterocycles. The Labute approximate surface area is 206 Å². The van der Waals surface area contributed by atoms with Gasteiger partial charge in [-0.3, -0.25) is 9.69 Å². The molecule has 0 unspecified atom stereocenters. The number of aromatic nitrogens is 1. The third-order valence-corrected chi connectivity index (χ3v) is 8.23. The van der Waals surface area contributed by atoms with Crippen LogP contribution < -0.4 is 5.43 Å². The van der Waals surface area contributed by atoms with Crippen LogP contribution >= 0.6 is 0 Å². The van der Waals surface area contributed by atoms with Crippen LogP contribution in [-0.2, 0) is 17.8 Å². The first-order valence-corrected chi connectivity index (χ1v) is 13.1. The van der Waals surface area contributed by atoms with Gasteiger partial charge >= 0.3 is 0 Å². The summed E-state index contributed by atoms with van der Waals surface area (Å²) in [5.74, 6) is 0.200. The van der Waals surface area contributed by atoms with Crippen LogP contribution in [0.25, 0.3) is 10.9 Å². The van der Waals surface area contributed by atoms with Gasteiger partial charge in [-0.2, -0.15) is 5.10 Å². The monoisotopic (exact) mass is 472 g/mol. The van der Waals surface area contributed by atoms with Crippen molar-refractivity contribution in [3.8, 4) is 0 Å². The molecule has 1 N–H and O–H groups in total. The molecule has 0 radical (unpaired) electrons. The first-order valence-electron chi connectivity index (χ1n) is 13.1. The average molecular weight is 473 g/mol. The number of fused-ring (bicyclic) bond motifs is 3. The van der Waals surface area contributed by atoms with Crippen molar-refractivity contribution in [1.29, 1.82) is 0 Å². The predicted molar refractivity (Wildman–Crippen MR) is 137 cm³/mol. The van der Waals surface area contributed by atoms with E-state index in [0.29, 0.717) is 18.0 Å². The van der Waals surface area contributed by atoms with Gasteiger partial charge in [-0.25, -0.2) is 9.82 Å². The van der Waals surface area contributed by atoms with Crippen molar-refractivity contribution in [2.24, 2.45) is 5.10 Å². The number of nitrogens with zero attached hydrogens (tertiary/aromatic N) is 3. The molecule has 2 aliphatic carbocycles. The van der Waals surface area contributed by atoms with Gasteiger partial charge in [-0.1, -0.05) is 43.5 Å². The van der Waals surface area contributed by atoms with E-state index in [0.717, 1.165) is 32.4 Å². The summed E-state index contributed by atoms with van der Waals surface area (Å²) < 4.78 is 16.3. The molecule has 2 aromatic carbocycles. The van der Waals surface area contributed by atoms with Crippen molar-refractivity contribution in [2.45, 2.75) is 69.9 Å². The molecule has 0 spiro atoms. The highest BCUT2D eigenvalue weighted by molar-refractivity contribution is 5.87. The molecule has 2 heterocycles. The van der Waals surface area contributed by atoms with Gasteiger partial charge in [0.1, 0.15) is 5.82 Å². The van der Waals surface area contributed by atoms with E-state index in [4.69, 9.17) is 0 Å². The van der Waals surface area contributed by atoms with Crippen LogP contribution in [0, 0.1) is 5.82 Å². The number of halogens is 1. The third-order valence-electron chi connectivity index (χ3n) is 8.23. The molecular formula is C29H33FN4O. The summed E-state index contributed by atoms with van der Waals surface area (Å²) in [4.78, 5) is 15.0. The minimum Gasteiger partial charge on any atom is -0.342 e. The summed E-state index contributed by atoms with van der Waals surface area (Å²) in [5, 5.41) is 5.43. The van der Waals surface area contributed by atoms with Crippen molar-refractivity contribution in [3.05, 3.63) is 70.7 Å². The van der Waals surface area contributed by atoms with Crippen LogP contribution in [-0.4, -0.2) is 34.7 Å². The number of benzene rings is 2. The second-order valence-electron chi connectivity index (χ2n) is 10.3. The Hall–Kier alpha value is -2.99. The van der Waals surface area contributed by atoms with Crippen molar-refractivity contribution in [1.82, 2.24) is 14.9 Å². The summed E-state index contributed by atoms with van der Waals surface area (Å²) in [7, 11) is 0. The van der Waals surface area contributed by atoms with E-state index in [-0.39, 0.29) is 17.8 Å². The molecule has 3 aromatic rings. The van der Waals surface area contributed by atoms with E-state index in [1.54, 1.807) is 18.2 Å². The highest BCUT2D eigenvalue weighted by Gasteiger charge is 2.35. The second kappa shape index (κ2) is 9.57. The molecule has 1 amide bonds. The van der Waals surface area contributed by atoms with Gasteiger partial charge in [0.05, 0.1) is 18.8 Å². The molecule has 1 saturated carbocycles. The lowest BCUT2D eigenvalue weighted by Crippen LogP contribution is -2.44. The van der Waals surface area contributed by atoms with Crippen LogP contribution in [0.1, 0.15) is 79.3 Å². The molecule has 6 rings (SSSR count). The molecule has 1 atom stereocenters. The lowest BCUT2D eigenvalue weighted by atomic mass is 9.83. The van der Waals surface area contributed by atoms with Crippen molar-refractivity contribution >= 4 is 23.0 Å². The van der Waals surface area contributed by atoms with Gasteiger partial charge in [0.2, 0.25) is 0 Å². The van der Waals surface area contributed by atoms with Gasteiger partial charge in [-0.05, 0) is 67.3 Å². The molecule has 6 heteroatoms. The highest BCUT2D eigenvalue weighted by Crippen LogP contribution is 2.44. The molecule has 0 bridgehead atoms. The summed E-state index contributed by atoms with van der Waals surface area (Å²) in [6.45, 7) is 2.04. The van der Waals surface area contributed by atoms with Gasteiger partial charge in [0.15, 0.2) is 0 Å². The molecule has 35 heavy (non-hydrogen) atoms. The second-order valence-corrected chi connectivity index (χ2v) is 10.3. The summed E-state index contributed by atoms with van der Waals surface area (Å²) in [6.07, 6.45) is 11.4. The average Bonchev–Trinajstić information content (AvgIpc) is 3.22. The van der Waals surface area contributed by atoms with Crippen LogP contribution in [0.4, 0.5) is 4.39 Å². The Morgan fingerprint density at radius 1 is 1.06 bits per heavy atom. The maximum atomic E-state index is 13.8. The normalized spacial score (nSPS) is 20.9. The topological polar surface area (TPSA) is 49.6 Å². The van der Waals surface area contributed by atoms with E-state index in [9.17, 15) is 9.18 Å². The zero-order chi connectivity index (χ0) is 23.8. The minimum absolute atomic E-state index is 0.158. The summed E-state index contributed by atoms with van der Waals surface area (Å²) in [5.41, 5.74) is 8.75. The Balaban J connectivity index is 1.21. The minimum atomic E-state index is -0.351. The standard InChI is InChI=1S/C29H33FN4O/c30-25-11-5-4-9-22(25)18-31-32-28(35)19-33-15-16-34-26-14-13-21(20-7-2-1-3-8-20)17-24(26)23-10-6-12-27(33)29(23)34/h4-5,9,11,13-14,17-18,20,27H,1-3,6-8,10,12,15-16,19H2,(H,32,35)/b31-18+/t27-/m1/s1. The number of aryl methyl sites for hydroxylation is 1. The lowest BCUT2D eigenvalue weighted by molar-refractivity contribution is -0.123. The number of carbonyl (C=O) groups excluding carboxylic acids is 1. The number of nitrogens with one attached hydrogen (secondary N) is 1. The fourth-order valence-electron chi connectivity index (χ4n) is 6.55. The Morgan fingerprint density at radius 3 is 2.77 bits per heavy atom. The Kier molecular flexibility index (Phi) is 6.15. The predicted octanol–water partition coefficient (Wildman–Crippen LogP) is 5.67. The lowest BCUT2D eigenvalue weighted by Gasteiger charge is -2.39. The van der Waals surface area contributed by atoms with Crippen molar-refractivity contribution in [2.75, 3.05) is 13.1 Å². The maximum Gasteiger partial charge on any atom is 0.254 e. The fourth-order valence-corrected chi connectivity index (χ4v) is 6.55. The van der Waals surface area contributed by atoms with Gasteiger partial charge in [-0.15, -0.1) is 0 Å². The maximum absolute atomic E-state index is 13.8. The van der Waals surface area contributed by atoms with Gasteiger partial charge in [0.25, 0.3) is 5.91 Å². The first-order chi connectivity index (χ1) is 17.2. The SMILES string of the molecule is O=C(CN1CCn2c3c(c4cc(C5CCCCC5)ccc42)CCC[C@H]31)N/N=C/c1ccccc1F. The Bertz CT molecular complexity index is 1270. The molecule has 182 valence electrons. The largest absolute Gasteiger partial charge is 0.342 e. The van der Waals surface area contributed by atoms with Crippen molar-refractivity contribution < 1.29 is 9.18 Å². The van der Waals surface area contributed by atoms with E-state index >= 15 is 0 Å². The van der Waals surface area contributed by atoms with Crippen LogP contribution in [0.3, 0.4) is 0 Å². The number of amides is 1. The third kappa shape index (κ3) is 4.29. The van der Waals surface area contributed by atoms with Crippen LogP contribution in [0.15, 0.2) is 47.6 Å². The van der Waals surface area contributed by atoms with Gasteiger partial charge < -0.3 is 4.57 Å². The fraction of sp³-hybridized carbons (Fsp3) is 0.448. The molecule has 5 nitrogen and oxygen atoms in total. The highest BCUT2D eigenvalue weighted by atomic mass is 19.1. The molecular weight excluding hydrogens is 439 g/mol. The molecule has 1 fully saturated rings. The number of rotatable bonds is 5. The quantitative estimate of drug-likeness (QED) is 0.384. The molecule has 1 aliphatic heterocycles. The molecule has 0 saturated heterocycles. The van der Waals surface area contributed by atoms with E-state index in [1.165, 1.54) is 72.1 Å². The van der Waals surface area contributed by atoms with E-state index < -0.39 is 0 Å². The number of hydrogen-bond donors (Lipinski definition) is 1. The summed E-state index contributed by atoms with van der Waals surface area (Å²) in [6, 6.07) is 13.9. The first kappa shape index (κ1) is 22.5. The van der Waals surface area contributed by atoms with Crippen LogP contribution in [0.5, 0.6) is 0 Å². The zero-order valence-corrected chi connectivity index (χ0v) is 20.2. The number of hydrogen-bond acceptors (Lipinski definition) is 3. The van der Waals surface area contributed by atoms with Crippen molar-refractivity contribution in [3.63, 3.8) is 0 Å². The zero-order valence-electron chi connectivity index (χ0n) is 20.2. The number of carbonyl (C=O) groups is 1. The molecule has 3 aliphatic rings. The smallest absolute Gasteiger partial charge is 0.254 e. The number of hydrazone groups is 1.